The molecule has 1 unspecified atom stereocenters. The van der Waals surface area contributed by atoms with Gasteiger partial charge in [-0.2, -0.15) is 0 Å². The number of hydrogen-bond donors (Lipinski definition) is 2. The number of hydrogen-bond acceptors (Lipinski definition) is 5. The molecule has 2 aromatic carbocycles. The smallest absolute Gasteiger partial charge is 0.337 e. The number of fused-ring (bicyclic) bond motifs is 1. The Labute approximate surface area is 175 Å². The summed E-state index contributed by atoms with van der Waals surface area (Å²) in [5, 5.41) is 2.97. The molecule has 0 spiro atoms. The van der Waals surface area contributed by atoms with Gasteiger partial charge in [0.1, 0.15) is 19.3 Å². The van der Waals surface area contributed by atoms with E-state index in [0.717, 1.165) is 36.4 Å². The molecule has 0 saturated carbocycles. The van der Waals surface area contributed by atoms with Crippen LogP contribution in [-0.2, 0) is 9.53 Å². The summed E-state index contributed by atoms with van der Waals surface area (Å²) in [6.07, 6.45) is 2.09. The molecule has 1 saturated heterocycles. The number of rotatable bonds is 5. The van der Waals surface area contributed by atoms with Gasteiger partial charge in [0.15, 0.2) is 18.0 Å². The summed E-state index contributed by atoms with van der Waals surface area (Å²) in [5.41, 5.74) is 3.12. The first kappa shape index (κ1) is 20.2. The number of amides is 1. The number of nitrogens with one attached hydrogen (secondary N) is 2. The molecule has 1 fully saturated rings. The predicted octanol–water partition coefficient (Wildman–Crippen LogP) is 1.91. The van der Waals surface area contributed by atoms with Crippen LogP contribution in [0.25, 0.3) is 0 Å². The molecular formula is C23H27N2O5+. The van der Waals surface area contributed by atoms with Crippen LogP contribution < -0.4 is 19.7 Å². The lowest BCUT2D eigenvalue weighted by Gasteiger charge is -2.24. The third-order valence-electron chi connectivity index (χ3n) is 5.77. The molecule has 2 aromatic rings. The van der Waals surface area contributed by atoms with Crippen molar-refractivity contribution in [3.05, 3.63) is 53.1 Å². The molecule has 0 aromatic heterocycles. The topological polar surface area (TPSA) is 78.3 Å². The second kappa shape index (κ2) is 8.75. The van der Waals surface area contributed by atoms with E-state index in [0.29, 0.717) is 31.0 Å². The van der Waals surface area contributed by atoms with Crippen LogP contribution in [-0.4, -0.2) is 45.3 Å². The summed E-state index contributed by atoms with van der Waals surface area (Å²) in [6, 6.07) is 11.5. The fourth-order valence-electron chi connectivity index (χ4n) is 4.20. The highest BCUT2D eigenvalue weighted by Crippen LogP contribution is 2.33. The number of carbonyl (C=O) groups is 2. The van der Waals surface area contributed by atoms with E-state index >= 15 is 0 Å². The molecule has 1 amide bonds. The number of ether oxygens (including phenoxy) is 3. The highest BCUT2D eigenvalue weighted by molar-refractivity contribution is 5.95. The number of esters is 1. The Hall–Kier alpha value is -3.06. The van der Waals surface area contributed by atoms with Gasteiger partial charge in [0, 0.05) is 24.1 Å². The summed E-state index contributed by atoms with van der Waals surface area (Å²) >= 11 is 0. The SMILES string of the molecule is COC(=O)c1ccc(C)c(NC(=O)C[NH+]2CCC[C@@H]2c2ccc3c(c2)OCCO3)c1. The molecule has 0 bridgehead atoms. The minimum absolute atomic E-state index is 0.0699. The molecule has 7 heteroatoms. The zero-order valence-electron chi connectivity index (χ0n) is 17.3. The van der Waals surface area contributed by atoms with Crippen LogP contribution in [0.3, 0.4) is 0 Å². The summed E-state index contributed by atoms with van der Waals surface area (Å²) in [7, 11) is 1.34. The molecule has 2 heterocycles. The minimum atomic E-state index is -0.422. The van der Waals surface area contributed by atoms with Gasteiger partial charge in [0.25, 0.3) is 5.91 Å². The Morgan fingerprint density at radius 2 is 1.93 bits per heavy atom. The number of benzene rings is 2. The van der Waals surface area contributed by atoms with Gasteiger partial charge in [-0.15, -0.1) is 0 Å². The summed E-state index contributed by atoms with van der Waals surface area (Å²) < 4.78 is 16.1. The molecule has 2 atom stereocenters. The van der Waals surface area contributed by atoms with Crippen LogP contribution in [0.4, 0.5) is 5.69 Å². The molecule has 2 aliphatic rings. The molecule has 2 N–H and O–H groups in total. The Balaban J connectivity index is 1.45. The third kappa shape index (κ3) is 4.26. The van der Waals surface area contributed by atoms with Crippen molar-refractivity contribution in [2.24, 2.45) is 0 Å². The summed E-state index contributed by atoms with van der Waals surface area (Å²) in [4.78, 5) is 25.8. The fraction of sp³-hybridized carbons (Fsp3) is 0.391. The molecule has 158 valence electrons. The average Bonchev–Trinajstić information content (AvgIpc) is 3.22. The standard InChI is InChI=1S/C23H26N2O5/c1-15-5-6-17(23(27)28-2)12-18(15)24-22(26)14-25-9-3-4-19(25)16-7-8-20-21(13-16)30-11-10-29-20/h5-8,12-13,19H,3-4,9-11,14H2,1-2H3,(H,24,26)/p+1/t19-/m1/s1. The highest BCUT2D eigenvalue weighted by atomic mass is 16.6. The van der Waals surface area contributed by atoms with E-state index in [1.807, 2.05) is 25.1 Å². The lowest BCUT2D eigenvalue weighted by Crippen LogP contribution is -3.11. The van der Waals surface area contributed by atoms with Crippen molar-refractivity contribution in [2.75, 3.05) is 38.7 Å². The maximum absolute atomic E-state index is 12.8. The first-order chi connectivity index (χ1) is 14.5. The van der Waals surface area contributed by atoms with Crippen molar-refractivity contribution in [2.45, 2.75) is 25.8 Å². The number of aryl methyl sites for hydroxylation is 1. The van der Waals surface area contributed by atoms with Gasteiger partial charge in [-0.05, 0) is 42.8 Å². The fourth-order valence-corrected chi connectivity index (χ4v) is 4.20. The Kier molecular flexibility index (Phi) is 5.90. The van der Waals surface area contributed by atoms with Crippen molar-refractivity contribution in [1.29, 1.82) is 0 Å². The Morgan fingerprint density at radius 3 is 2.73 bits per heavy atom. The zero-order chi connectivity index (χ0) is 21.1. The van der Waals surface area contributed by atoms with Gasteiger partial charge in [-0.1, -0.05) is 6.07 Å². The third-order valence-corrected chi connectivity index (χ3v) is 5.77. The molecule has 7 nitrogen and oxygen atoms in total. The predicted molar refractivity (Wildman–Crippen MR) is 111 cm³/mol. The molecule has 4 rings (SSSR count). The molecule has 2 aliphatic heterocycles. The van der Waals surface area contributed by atoms with Crippen LogP contribution >= 0.6 is 0 Å². The minimum Gasteiger partial charge on any atom is -0.486 e. The van der Waals surface area contributed by atoms with Crippen molar-refractivity contribution in [3.8, 4) is 11.5 Å². The van der Waals surface area contributed by atoms with Gasteiger partial charge in [0.05, 0.1) is 19.2 Å². The monoisotopic (exact) mass is 411 g/mol. The average molecular weight is 411 g/mol. The molecular weight excluding hydrogens is 384 g/mol. The lowest BCUT2D eigenvalue weighted by atomic mass is 10.0. The quantitative estimate of drug-likeness (QED) is 0.735. The van der Waals surface area contributed by atoms with Crippen LogP contribution in [0.5, 0.6) is 11.5 Å². The second-order valence-corrected chi connectivity index (χ2v) is 7.75. The highest BCUT2D eigenvalue weighted by Gasteiger charge is 2.32. The van der Waals surface area contributed by atoms with E-state index in [1.165, 1.54) is 17.6 Å². The van der Waals surface area contributed by atoms with E-state index in [-0.39, 0.29) is 11.9 Å². The zero-order valence-corrected chi connectivity index (χ0v) is 17.3. The van der Waals surface area contributed by atoms with Gasteiger partial charge < -0.3 is 24.4 Å². The second-order valence-electron chi connectivity index (χ2n) is 7.75. The van der Waals surface area contributed by atoms with Crippen LogP contribution in [0.1, 0.15) is 40.4 Å². The van der Waals surface area contributed by atoms with Crippen LogP contribution in [0, 0.1) is 6.92 Å². The normalized spacial score (nSPS) is 19.9. The lowest BCUT2D eigenvalue weighted by molar-refractivity contribution is -0.910. The first-order valence-electron chi connectivity index (χ1n) is 10.3. The van der Waals surface area contributed by atoms with E-state index < -0.39 is 5.97 Å². The van der Waals surface area contributed by atoms with Crippen molar-refractivity contribution in [3.63, 3.8) is 0 Å². The van der Waals surface area contributed by atoms with Gasteiger partial charge >= 0.3 is 5.97 Å². The van der Waals surface area contributed by atoms with Crippen molar-refractivity contribution in [1.82, 2.24) is 0 Å². The summed E-state index contributed by atoms with van der Waals surface area (Å²) in [6.45, 7) is 4.33. The van der Waals surface area contributed by atoms with E-state index in [2.05, 4.69) is 11.4 Å². The van der Waals surface area contributed by atoms with Crippen molar-refractivity contribution < 1.29 is 28.7 Å². The summed E-state index contributed by atoms with van der Waals surface area (Å²) in [5.74, 6) is 1.07. The maximum atomic E-state index is 12.8. The molecule has 0 radical (unpaired) electrons. The number of likely N-dealkylation sites (tertiary alicyclic amines) is 1. The van der Waals surface area contributed by atoms with Gasteiger partial charge in [-0.25, -0.2) is 4.79 Å². The van der Waals surface area contributed by atoms with Gasteiger partial charge in [-0.3, -0.25) is 4.79 Å². The van der Waals surface area contributed by atoms with E-state index in [9.17, 15) is 9.59 Å². The van der Waals surface area contributed by atoms with E-state index in [4.69, 9.17) is 14.2 Å². The molecule has 0 aliphatic carbocycles. The number of carbonyl (C=O) groups excluding carboxylic acids is 2. The van der Waals surface area contributed by atoms with Gasteiger partial charge in [0.2, 0.25) is 0 Å². The number of anilines is 1. The molecule has 30 heavy (non-hydrogen) atoms. The van der Waals surface area contributed by atoms with Crippen LogP contribution in [0.15, 0.2) is 36.4 Å². The van der Waals surface area contributed by atoms with Crippen molar-refractivity contribution >= 4 is 17.6 Å². The van der Waals surface area contributed by atoms with Crippen LogP contribution in [0.2, 0.25) is 0 Å². The first-order valence-corrected chi connectivity index (χ1v) is 10.3. The Bertz CT molecular complexity index is 959. The van der Waals surface area contributed by atoms with E-state index in [1.54, 1.807) is 12.1 Å². The number of methoxy groups -OCH3 is 1. The number of quaternary nitrogens is 1. The largest absolute Gasteiger partial charge is 0.486 e. The maximum Gasteiger partial charge on any atom is 0.337 e. The Morgan fingerprint density at radius 1 is 1.13 bits per heavy atom.